The largest absolute Gasteiger partial charge is 0.463 e. The Morgan fingerprint density at radius 1 is 1.47 bits per heavy atom. The molecule has 1 saturated carbocycles. The van der Waals surface area contributed by atoms with Gasteiger partial charge in [-0.25, -0.2) is 0 Å². The van der Waals surface area contributed by atoms with Crippen LogP contribution in [0.4, 0.5) is 0 Å². The molecule has 1 aromatic heterocycles. The van der Waals surface area contributed by atoms with Crippen LogP contribution in [0.25, 0.3) is 0 Å². The Balaban J connectivity index is 1.86. The van der Waals surface area contributed by atoms with Gasteiger partial charge in [-0.2, -0.15) is 0 Å². The predicted molar refractivity (Wildman–Crippen MR) is 69.9 cm³/mol. The fraction of sp³-hybridized carbons (Fsp3) is 0.714. The molecule has 1 heterocycles. The van der Waals surface area contributed by atoms with Crippen molar-refractivity contribution in [1.82, 2.24) is 10.2 Å². The molecule has 2 rings (SSSR count). The minimum absolute atomic E-state index is 0.842. The summed E-state index contributed by atoms with van der Waals surface area (Å²) in [5.41, 5.74) is 1.26. The molecule has 1 aliphatic rings. The van der Waals surface area contributed by atoms with E-state index in [1.165, 1.54) is 24.9 Å². The number of nitrogens with one attached hydrogen (secondary N) is 1. The van der Waals surface area contributed by atoms with Crippen LogP contribution >= 0.6 is 0 Å². The Hall–Kier alpha value is -0.800. The van der Waals surface area contributed by atoms with Gasteiger partial charge in [0.1, 0.15) is 11.5 Å². The zero-order valence-corrected chi connectivity index (χ0v) is 11.3. The molecular formula is C14H24N2O. The van der Waals surface area contributed by atoms with Gasteiger partial charge in [0.05, 0.1) is 13.1 Å². The SMILES string of the molecule is CCNCc1oc(CN(C)CC2CC2)cc1C. The molecule has 1 aliphatic carbocycles. The van der Waals surface area contributed by atoms with Crippen molar-refractivity contribution in [3.63, 3.8) is 0 Å². The molecule has 0 aliphatic heterocycles. The first-order valence-corrected chi connectivity index (χ1v) is 6.66. The van der Waals surface area contributed by atoms with E-state index in [-0.39, 0.29) is 0 Å². The van der Waals surface area contributed by atoms with Crippen molar-refractivity contribution in [3.05, 3.63) is 23.2 Å². The first-order chi connectivity index (χ1) is 8.19. The lowest BCUT2D eigenvalue weighted by Gasteiger charge is -2.13. The van der Waals surface area contributed by atoms with Gasteiger partial charge in [0.15, 0.2) is 0 Å². The number of furan rings is 1. The molecule has 0 saturated heterocycles. The zero-order valence-electron chi connectivity index (χ0n) is 11.3. The van der Waals surface area contributed by atoms with E-state index in [1.54, 1.807) is 0 Å². The summed E-state index contributed by atoms with van der Waals surface area (Å²) in [7, 11) is 2.18. The third-order valence-corrected chi connectivity index (χ3v) is 3.30. The minimum Gasteiger partial charge on any atom is -0.463 e. The van der Waals surface area contributed by atoms with Crippen LogP contribution in [0.1, 0.15) is 36.8 Å². The second-order valence-corrected chi connectivity index (χ2v) is 5.24. The smallest absolute Gasteiger partial charge is 0.120 e. The number of nitrogens with zero attached hydrogens (tertiary/aromatic N) is 1. The van der Waals surface area contributed by atoms with Crippen molar-refractivity contribution in [1.29, 1.82) is 0 Å². The molecule has 1 fully saturated rings. The van der Waals surface area contributed by atoms with Gasteiger partial charge in [-0.3, -0.25) is 4.90 Å². The molecular weight excluding hydrogens is 212 g/mol. The van der Waals surface area contributed by atoms with Gasteiger partial charge in [0.25, 0.3) is 0 Å². The second kappa shape index (κ2) is 5.69. The van der Waals surface area contributed by atoms with Crippen molar-refractivity contribution < 1.29 is 4.42 Å². The van der Waals surface area contributed by atoms with E-state index in [4.69, 9.17) is 4.42 Å². The van der Waals surface area contributed by atoms with Gasteiger partial charge in [-0.15, -0.1) is 0 Å². The van der Waals surface area contributed by atoms with Crippen molar-refractivity contribution in [3.8, 4) is 0 Å². The van der Waals surface area contributed by atoms with Crippen LogP contribution in [-0.2, 0) is 13.1 Å². The maximum Gasteiger partial charge on any atom is 0.120 e. The average Bonchev–Trinajstić information content (AvgIpc) is 3.00. The molecule has 96 valence electrons. The highest BCUT2D eigenvalue weighted by Crippen LogP contribution is 2.29. The van der Waals surface area contributed by atoms with E-state index in [0.717, 1.165) is 37.1 Å². The third kappa shape index (κ3) is 3.86. The van der Waals surface area contributed by atoms with Crippen LogP contribution in [0.2, 0.25) is 0 Å². The van der Waals surface area contributed by atoms with Crippen LogP contribution in [0.15, 0.2) is 10.5 Å². The highest BCUT2D eigenvalue weighted by Gasteiger charge is 2.23. The summed E-state index contributed by atoms with van der Waals surface area (Å²) in [6.07, 6.45) is 2.82. The molecule has 17 heavy (non-hydrogen) atoms. The van der Waals surface area contributed by atoms with Gasteiger partial charge in [0.2, 0.25) is 0 Å². The zero-order chi connectivity index (χ0) is 12.3. The Labute approximate surface area is 104 Å². The monoisotopic (exact) mass is 236 g/mol. The van der Waals surface area contributed by atoms with Crippen LogP contribution in [0, 0.1) is 12.8 Å². The lowest BCUT2D eigenvalue weighted by Crippen LogP contribution is -2.20. The first-order valence-electron chi connectivity index (χ1n) is 6.66. The maximum absolute atomic E-state index is 5.88. The van der Waals surface area contributed by atoms with Gasteiger partial charge in [-0.05, 0) is 50.9 Å². The molecule has 0 radical (unpaired) electrons. The predicted octanol–water partition coefficient (Wildman–Crippen LogP) is 2.54. The molecule has 0 amide bonds. The number of hydrogen-bond donors (Lipinski definition) is 1. The van der Waals surface area contributed by atoms with E-state index in [9.17, 15) is 0 Å². The topological polar surface area (TPSA) is 28.4 Å². The molecule has 0 atom stereocenters. The number of rotatable bonds is 7. The van der Waals surface area contributed by atoms with E-state index in [0.29, 0.717) is 0 Å². The average molecular weight is 236 g/mol. The quantitative estimate of drug-likeness (QED) is 0.788. The van der Waals surface area contributed by atoms with Crippen molar-refractivity contribution in [2.45, 2.75) is 39.8 Å². The molecule has 0 bridgehead atoms. The van der Waals surface area contributed by atoms with Crippen LogP contribution in [0.3, 0.4) is 0 Å². The first kappa shape index (κ1) is 12.7. The van der Waals surface area contributed by atoms with E-state index < -0.39 is 0 Å². The Morgan fingerprint density at radius 3 is 2.88 bits per heavy atom. The lowest BCUT2D eigenvalue weighted by molar-refractivity contribution is 0.279. The molecule has 3 heteroatoms. The van der Waals surface area contributed by atoms with E-state index in [2.05, 4.69) is 37.2 Å². The van der Waals surface area contributed by atoms with E-state index in [1.807, 2.05) is 0 Å². The third-order valence-electron chi connectivity index (χ3n) is 3.30. The normalized spacial score (nSPS) is 15.8. The number of hydrogen-bond acceptors (Lipinski definition) is 3. The maximum atomic E-state index is 5.88. The van der Waals surface area contributed by atoms with Gasteiger partial charge in [0, 0.05) is 6.54 Å². The van der Waals surface area contributed by atoms with E-state index >= 15 is 0 Å². The van der Waals surface area contributed by atoms with Gasteiger partial charge >= 0.3 is 0 Å². The van der Waals surface area contributed by atoms with Gasteiger partial charge < -0.3 is 9.73 Å². The minimum atomic E-state index is 0.842. The lowest BCUT2D eigenvalue weighted by atomic mass is 10.2. The summed E-state index contributed by atoms with van der Waals surface area (Å²) in [6.45, 7) is 8.21. The Morgan fingerprint density at radius 2 is 2.24 bits per heavy atom. The van der Waals surface area contributed by atoms with Crippen molar-refractivity contribution >= 4 is 0 Å². The summed E-state index contributed by atoms with van der Waals surface area (Å²) in [5.74, 6) is 3.12. The molecule has 3 nitrogen and oxygen atoms in total. The fourth-order valence-corrected chi connectivity index (χ4v) is 2.15. The molecule has 1 aromatic rings. The molecule has 0 unspecified atom stereocenters. The molecule has 1 N–H and O–H groups in total. The summed E-state index contributed by atoms with van der Waals surface area (Å²) < 4.78 is 5.88. The second-order valence-electron chi connectivity index (χ2n) is 5.24. The standard InChI is InChI=1S/C14H24N2O/c1-4-15-8-14-11(2)7-13(17-14)10-16(3)9-12-5-6-12/h7,12,15H,4-6,8-10H2,1-3H3. The summed E-state index contributed by atoms with van der Waals surface area (Å²) in [4.78, 5) is 2.37. The molecule has 0 aromatic carbocycles. The van der Waals surface area contributed by atoms with Crippen molar-refractivity contribution in [2.75, 3.05) is 20.1 Å². The summed E-state index contributed by atoms with van der Waals surface area (Å²) in [5, 5.41) is 3.31. The summed E-state index contributed by atoms with van der Waals surface area (Å²) in [6, 6.07) is 2.18. The van der Waals surface area contributed by atoms with Gasteiger partial charge in [-0.1, -0.05) is 6.92 Å². The number of aryl methyl sites for hydroxylation is 1. The van der Waals surface area contributed by atoms with Crippen LogP contribution in [0.5, 0.6) is 0 Å². The highest BCUT2D eigenvalue weighted by molar-refractivity contribution is 5.20. The Bertz CT molecular complexity index is 355. The highest BCUT2D eigenvalue weighted by atomic mass is 16.3. The molecule has 0 spiro atoms. The summed E-state index contributed by atoms with van der Waals surface area (Å²) >= 11 is 0. The Kier molecular flexibility index (Phi) is 4.24. The van der Waals surface area contributed by atoms with Crippen LogP contribution < -0.4 is 5.32 Å². The van der Waals surface area contributed by atoms with Crippen LogP contribution in [-0.4, -0.2) is 25.0 Å². The van der Waals surface area contributed by atoms with Crippen molar-refractivity contribution in [2.24, 2.45) is 5.92 Å². The fourth-order valence-electron chi connectivity index (χ4n) is 2.15.